The Morgan fingerprint density at radius 3 is 2.53 bits per heavy atom. The van der Waals surface area contributed by atoms with Gasteiger partial charge < -0.3 is 10.1 Å². The Hall–Kier alpha value is -4.60. The Morgan fingerprint density at radius 1 is 1.03 bits per heavy atom. The van der Waals surface area contributed by atoms with Gasteiger partial charge in [0.15, 0.2) is 0 Å². The average Bonchev–Trinajstić information content (AvgIpc) is 3.34. The van der Waals surface area contributed by atoms with Crippen molar-refractivity contribution >= 4 is 34.5 Å². The molecule has 38 heavy (non-hydrogen) atoms. The molecule has 10 nitrogen and oxygen atoms in total. The van der Waals surface area contributed by atoms with Gasteiger partial charge in [-0.05, 0) is 60.4 Å². The zero-order valence-electron chi connectivity index (χ0n) is 21.6. The molecule has 0 aliphatic rings. The summed E-state index contributed by atoms with van der Waals surface area (Å²) in [7, 11) is 1.29. The van der Waals surface area contributed by atoms with Crippen molar-refractivity contribution in [2.75, 3.05) is 18.6 Å². The molecule has 0 aliphatic carbocycles. The van der Waals surface area contributed by atoms with Crippen molar-refractivity contribution in [1.82, 2.24) is 25.3 Å². The highest BCUT2D eigenvalue weighted by molar-refractivity contribution is 6.02. The average molecular weight is 515 g/mol. The second-order valence-electron chi connectivity index (χ2n) is 9.20. The van der Waals surface area contributed by atoms with E-state index in [0.717, 1.165) is 6.42 Å². The largest absolute Gasteiger partial charge is 0.465 e. The van der Waals surface area contributed by atoms with Gasteiger partial charge in [-0.15, -0.1) is 5.10 Å². The first kappa shape index (κ1) is 26.5. The summed E-state index contributed by atoms with van der Waals surface area (Å²) in [5.41, 5.74) is 2.52. The van der Waals surface area contributed by atoms with Crippen molar-refractivity contribution in [1.29, 1.82) is 0 Å². The molecule has 2 aromatic carbocycles. The molecule has 0 radical (unpaired) electrons. The number of carbonyl (C=O) groups is 3. The van der Waals surface area contributed by atoms with Gasteiger partial charge in [-0.1, -0.05) is 37.3 Å². The number of benzene rings is 2. The fourth-order valence-corrected chi connectivity index (χ4v) is 4.12. The number of para-hydroxylation sites is 1. The minimum Gasteiger partial charge on any atom is -0.465 e. The number of amides is 2. The van der Waals surface area contributed by atoms with Crippen molar-refractivity contribution in [3.05, 3.63) is 84.2 Å². The summed E-state index contributed by atoms with van der Waals surface area (Å²) in [6.45, 7) is 4.42. The topological polar surface area (TPSA) is 119 Å². The van der Waals surface area contributed by atoms with Crippen LogP contribution in [0.25, 0.3) is 11.0 Å². The molecule has 0 aliphatic heterocycles. The predicted molar refractivity (Wildman–Crippen MR) is 142 cm³/mol. The second-order valence-corrected chi connectivity index (χ2v) is 9.20. The van der Waals surface area contributed by atoms with Crippen LogP contribution in [0.5, 0.6) is 0 Å². The van der Waals surface area contributed by atoms with E-state index in [4.69, 9.17) is 4.74 Å². The highest BCUT2D eigenvalue weighted by Crippen LogP contribution is 2.29. The van der Waals surface area contributed by atoms with E-state index in [1.807, 2.05) is 24.3 Å². The normalized spacial score (nSPS) is 11.8. The highest BCUT2D eigenvalue weighted by Gasteiger charge is 2.33. The SMILES string of the molecule is COC(=O)c1cccc(N(C(=O)Cn2nnc3ccccc32)C(C(=O)NCCC(C)C)c2ccncc2)c1. The summed E-state index contributed by atoms with van der Waals surface area (Å²) in [5, 5.41) is 11.3. The van der Waals surface area contributed by atoms with Crippen LogP contribution in [-0.2, 0) is 20.9 Å². The molecule has 0 fully saturated rings. The Balaban J connectivity index is 1.79. The van der Waals surface area contributed by atoms with Crippen LogP contribution in [0.15, 0.2) is 73.1 Å². The highest BCUT2D eigenvalue weighted by atomic mass is 16.5. The minimum atomic E-state index is -1.03. The number of hydrogen-bond donors (Lipinski definition) is 1. The lowest BCUT2D eigenvalue weighted by Crippen LogP contribution is -2.45. The number of methoxy groups -OCH3 is 1. The van der Waals surface area contributed by atoms with E-state index in [-0.39, 0.29) is 18.0 Å². The molecular formula is C28H30N6O4. The second kappa shape index (κ2) is 12.1. The molecule has 0 saturated heterocycles. The number of nitrogens with zero attached hydrogens (tertiary/aromatic N) is 5. The number of carbonyl (C=O) groups excluding carboxylic acids is 3. The van der Waals surface area contributed by atoms with E-state index in [1.165, 1.54) is 16.7 Å². The van der Waals surface area contributed by atoms with Crippen LogP contribution >= 0.6 is 0 Å². The first-order valence-electron chi connectivity index (χ1n) is 12.4. The number of aromatic nitrogens is 4. The third kappa shape index (κ3) is 6.03. The Morgan fingerprint density at radius 2 is 1.79 bits per heavy atom. The van der Waals surface area contributed by atoms with Crippen LogP contribution in [-0.4, -0.2) is 51.4 Å². The summed E-state index contributed by atoms with van der Waals surface area (Å²) in [6.07, 6.45) is 3.93. The predicted octanol–water partition coefficient (Wildman–Crippen LogP) is 3.55. The molecule has 2 heterocycles. The van der Waals surface area contributed by atoms with E-state index >= 15 is 0 Å². The van der Waals surface area contributed by atoms with Gasteiger partial charge in [0.05, 0.1) is 18.2 Å². The van der Waals surface area contributed by atoms with Gasteiger partial charge in [-0.2, -0.15) is 0 Å². The van der Waals surface area contributed by atoms with Gasteiger partial charge in [0, 0.05) is 24.6 Å². The monoisotopic (exact) mass is 514 g/mol. The quantitative estimate of drug-likeness (QED) is 0.322. The van der Waals surface area contributed by atoms with Gasteiger partial charge in [0.2, 0.25) is 11.8 Å². The maximum atomic E-state index is 14.0. The first-order chi connectivity index (χ1) is 18.4. The standard InChI is InChI=1S/C28H30N6O4/c1-19(2)11-16-30-27(36)26(20-12-14-29-15-13-20)34(22-8-6-7-21(17-22)28(37)38-3)25(35)18-33-24-10-5-4-9-23(24)31-32-33/h4-10,12-15,17,19,26H,11,16,18H2,1-3H3,(H,30,36). The molecule has 0 bridgehead atoms. The molecule has 2 aromatic heterocycles. The van der Waals surface area contributed by atoms with Crippen molar-refractivity contribution in [3.63, 3.8) is 0 Å². The number of rotatable bonds is 10. The smallest absolute Gasteiger partial charge is 0.337 e. The van der Waals surface area contributed by atoms with Gasteiger partial charge in [0.25, 0.3) is 0 Å². The molecule has 1 atom stereocenters. The molecule has 0 spiro atoms. The van der Waals surface area contributed by atoms with E-state index in [9.17, 15) is 14.4 Å². The van der Waals surface area contributed by atoms with Crippen molar-refractivity contribution in [2.24, 2.45) is 5.92 Å². The van der Waals surface area contributed by atoms with Gasteiger partial charge in [-0.3, -0.25) is 19.5 Å². The summed E-state index contributed by atoms with van der Waals surface area (Å²) in [6, 6.07) is 16.1. The molecule has 4 rings (SSSR count). The third-order valence-corrected chi connectivity index (χ3v) is 6.07. The van der Waals surface area contributed by atoms with Crippen LogP contribution in [0, 0.1) is 5.92 Å². The number of pyridine rings is 1. The van der Waals surface area contributed by atoms with Crippen LogP contribution < -0.4 is 10.2 Å². The van der Waals surface area contributed by atoms with E-state index in [2.05, 4.69) is 34.5 Å². The van der Waals surface area contributed by atoms with Gasteiger partial charge in [0.1, 0.15) is 18.1 Å². The fourth-order valence-electron chi connectivity index (χ4n) is 4.12. The number of ether oxygens (including phenoxy) is 1. The number of nitrogens with one attached hydrogen (secondary N) is 1. The lowest BCUT2D eigenvalue weighted by molar-refractivity contribution is -0.127. The fraction of sp³-hybridized carbons (Fsp3) is 0.286. The summed E-state index contributed by atoms with van der Waals surface area (Å²) >= 11 is 0. The van der Waals surface area contributed by atoms with Crippen molar-refractivity contribution < 1.29 is 19.1 Å². The molecule has 0 saturated carbocycles. The van der Waals surface area contributed by atoms with Crippen molar-refractivity contribution in [2.45, 2.75) is 32.9 Å². The maximum Gasteiger partial charge on any atom is 0.337 e. The van der Waals surface area contributed by atoms with Gasteiger partial charge >= 0.3 is 5.97 Å². The van der Waals surface area contributed by atoms with Crippen molar-refractivity contribution in [3.8, 4) is 0 Å². The van der Waals surface area contributed by atoms with E-state index < -0.39 is 17.9 Å². The lowest BCUT2D eigenvalue weighted by atomic mass is 10.0. The molecule has 4 aromatic rings. The number of anilines is 1. The zero-order chi connectivity index (χ0) is 27.1. The van der Waals surface area contributed by atoms with Gasteiger partial charge in [-0.25, -0.2) is 9.48 Å². The van der Waals surface area contributed by atoms with Crippen LogP contribution in [0.4, 0.5) is 5.69 Å². The summed E-state index contributed by atoms with van der Waals surface area (Å²) in [4.78, 5) is 45.5. The minimum absolute atomic E-state index is 0.177. The maximum absolute atomic E-state index is 14.0. The Bertz CT molecular complexity index is 1420. The molecule has 1 unspecified atom stereocenters. The first-order valence-corrected chi connectivity index (χ1v) is 12.4. The summed E-state index contributed by atoms with van der Waals surface area (Å²) in [5.74, 6) is -0.922. The molecule has 196 valence electrons. The number of hydrogen-bond acceptors (Lipinski definition) is 7. The van der Waals surface area contributed by atoms with E-state index in [0.29, 0.717) is 34.7 Å². The van der Waals surface area contributed by atoms with Crippen LogP contribution in [0.1, 0.15) is 42.2 Å². The molecule has 1 N–H and O–H groups in total. The molecule has 10 heteroatoms. The third-order valence-electron chi connectivity index (χ3n) is 6.07. The Kier molecular flexibility index (Phi) is 8.42. The lowest BCUT2D eigenvalue weighted by Gasteiger charge is -2.31. The number of fused-ring (bicyclic) bond motifs is 1. The van der Waals surface area contributed by atoms with Crippen LogP contribution in [0.3, 0.4) is 0 Å². The summed E-state index contributed by atoms with van der Waals surface area (Å²) < 4.78 is 6.38. The molecular weight excluding hydrogens is 484 g/mol. The Labute approximate surface area is 220 Å². The van der Waals surface area contributed by atoms with Crippen LogP contribution in [0.2, 0.25) is 0 Å². The number of esters is 1. The molecule has 2 amide bonds. The van der Waals surface area contributed by atoms with E-state index in [1.54, 1.807) is 48.8 Å². The zero-order valence-corrected chi connectivity index (χ0v) is 21.6.